The Hall–Kier alpha value is -1.25. The first-order valence-electron chi connectivity index (χ1n) is 16.7. The Labute approximate surface area is 256 Å². The first kappa shape index (κ1) is 40.8. The molecule has 0 heterocycles. The monoisotopic (exact) mass is 619 g/mol. The van der Waals surface area contributed by atoms with Crippen LogP contribution in [0.3, 0.4) is 0 Å². The van der Waals surface area contributed by atoms with E-state index in [1.807, 2.05) is 0 Å². The molecule has 42 heavy (non-hydrogen) atoms. The molecule has 1 amide bonds. The molecule has 2 atom stereocenters. The summed E-state index contributed by atoms with van der Waals surface area (Å²) < 4.78 is 26.6. The molecule has 9 nitrogen and oxygen atoms in total. The van der Waals surface area contributed by atoms with Crippen molar-refractivity contribution in [1.82, 2.24) is 5.32 Å². The van der Waals surface area contributed by atoms with E-state index < -0.39 is 26.5 Å². The summed E-state index contributed by atoms with van der Waals surface area (Å²) in [4.78, 5) is 33.5. The third kappa shape index (κ3) is 30.2. The molecule has 0 aliphatic carbocycles. The molecule has 0 aromatic rings. The van der Waals surface area contributed by atoms with E-state index >= 15 is 0 Å². The Balaban J connectivity index is 3.66. The lowest BCUT2D eigenvalue weighted by Gasteiger charge is -2.15. The zero-order chi connectivity index (χ0) is 31.2. The molecule has 248 valence electrons. The summed E-state index contributed by atoms with van der Waals surface area (Å²) in [7, 11) is -4.40. The van der Waals surface area contributed by atoms with E-state index in [9.17, 15) is 24.2 Å². The van der Waals surface area contributed by atoms with Crippen LogP contribution in [0.4, 0.5) is 0 Å². The maximum absolute atomic E-state index is 12.0. The molecule has 10 heteroatoms. The number of unbranched alkanes of at least 4 members (excludes halogenated alkanes) is 16. The van der Waals surface area contributed by atoms with Gasteiger partial charge in [0.15, 0.2) is 0 Å². The van der Waals surface area contributed by atoms with Crippen molar-refractivity contribution in [3.05, 3.63) is 12.2 Å². The van der Waals surface area contributed by atoms with E-state index in [2.05, 4.69) is 31.3 Å². The molecule has 0 spiro atoms. The second-order valence-electron chi connectivity index (χ2n) is 11.1. The molecule has 2 unspecified atom stereocenters. The number of phosphoric ester groups is 1. The lowest BCUT2D eigenvalue weighted by atomic mass is 10.1. The van der Waals surface area contributed by atoms with Gasteiger partial charge in [0.2, 0.25) is 5.91 Å². The summed E-state index contributed by atoms with van der Waals surface area (Å²) >= 11 is 0. The van der Waals surface area contributed by atoms with Gasteiger partial charge in [0.05, 0.1) is 13.2 Å². The smallest absolute Gasteiger partial charge is 0.463 e. The number of hydrogen-bond donors (Lipinski definition) is 3. The molecule has 0 rings (SSSR count). The first-order valence-corrected chi connectivity index (χ1v) is 18.2. The third-order valence-electron chi connectivity index (χ3n) is 6.93. The number of nitrogens with one attached hydrogen (secondary N) is 1. The second kappa shape index (κ2) is 29.8. The minimum Gasteiger partial charge on any atom is -0.463 e. The van der Waals surface area contributed by atoms with Gasteiger partial charge in [0.1, 0.15) is 12.7 Å². The molecule has 3 N–H and O–H groups in total. The van der Waals surface area contributed by atoms with Crippen LogP contribution in [0.15, 0.2) is 12.2 Å². The quantitative estimate of drug-likeness (QED) is 0.0309. The van der Waals surface area contributed by atoms with Crippen molar-refractivity contribution in [3.8, 4) is 0 Å². The van der Waals surface area contributed by atoms with Gasteiger partial charge in [0.25, 0.3) is 0 Å². The van der Waals surface area contributed by atoms with Gasteiger partial charge in [-0.3, -0.25) is 18.6 Å². The number of rotatable bonds is 31. The Morgan fingerprint density at radius 3 is 1.88 bits per heavy atom. The van der Waals surface area contributed by atoms with Crippen molar-refractivity contribution in [3.63, 3.8) is 0 Å². The largest absolute Gasteiger partial charge is 0.472 e. The molecule has 0 saturated carbocycles. The maximum atomic E-state index is 12.0. The Bertz CT molecular complexity index is 719. The van der Waals surface area contributed by atoms with E-state index in [1.54, 1.807) is 0 Å². The van der Waals surface area contributed by atoms with Crippen LogP contribution in [0.2, 0.25) is 0 Å². The second-order valence-corrected chi connectivity index (χ2v) is 12.6. The molecule has 0 aliphatic rings. The maximum Gasteiger partial charge on any atom is 0.472 e. The minimum atomic E-state index is -4.40. The van der Waals surface area contributed by atoms with E-state index in [1.165, 1.54) is 57.8 Å². The molecule has 0 aliphatic heterocycles. The van der Waals surface area contributed by atoms with Crippen LogP contribution in [0, 0.1) is 0 Å². The van der Waals surface area contributed by atoms with Gasteiger partial charge in [0, 0.05) is 19.4 Å². The fourth-order valence-corrected chi connectivity index (χ4v) is 5.14. The van der Waals surface area contributed by atoms with Gasteiger partial charge >= 0.3 is 13.8 Å². The van der Waals surface area contributed by atoms with Gasteiger partial charge in [-0.05, 0) is 32.1 Å². The van der Waals surface area contributed by atoms with Gasteiger partial charge in [-0.25, -0.2) is 4.57 Å². The van der Waals surface area contributed by atoms with Crippen LogP contribution in [0.5, 0.6) is 0 Å². The number of amides is 1. The number of hydrogen-bond acceptors (Lipinski definition) is 7. The Kier molecular flexibility index (Phi) is 28.9. The standard InChI is InChI=1S/C32H62NO8P/c1-3-5-7-9-11-13-15-16-18-20-22-24-31(35)33-26-27-40-42(37,38)41-29-30(34)28-39-32(36)25-23-21-19-17-14-12-10-8-6-4-2/h8,10,30,34H,3-7,9,11-29H2,1-2H3,(H,33,35)(H,37,38)/b10-8-. The highest BCUT2D eigenvalue weighted by atomic mass is 31.2. The predicted octanol–water partition coefficient (Wildman–Crippen LogP) is 7.93. The van der Waals surface area contributed by atoms with E-state index in [-0.39, 0.29) is 32.1 Å². The van der Waals surface area contributed by atoms with Crippen LogP contribution in [0.25, 0.3) is 0 Å². The van der Waals surface area contributed by atoms with Crippen LogP contribution in [0.1, 0.15) is 149 Å². The fraction of sp³-hybridized carbons (Fsp3) is 0.875. The zero-order valence-electron chi connectivity index (χ0n) is 26.7. The number of carbonyl (C=O) groups excluding carboxylic acids is 2. The van der Waals surface area contributed by atoms with E-state index in [0.29, 0.717) is 6.42 Å². The molecular weight excluding hydrogens is 557 g/mol. The summed E-state index contributed by atoms with van der Waals surface area (Å²) in [5, 5.41) is 12.6. The highest BCUT2D eigenvalue weighted by Crippen LogP contribution is 2.42. The highest BCUT2D eigenvalue weighted by molar-refractivity contribution is 7.47. The van der Waals surface area contributed by atoms with Crippen molar-refractivity contribution < 1.29 is 37.9 Å². The summed E-state index contributed by atoms with van der Waals surface area (Å²) in [5.41, 5.74) is 0. The Morgan fingerprint density at radius 1 is 0.714 bits per heavy atom. The number of ether oxygens (including phenoxy) is 1. The average Bonchev–Trinajstić information content (AvgIpc) is 2.97. The topological polar surface area (TPSA) is 131 Å². The first-order chi connectivity index (χ1) is 20.3. The summed E-state index contributed by atoms with van der Waals surface area (Å²) in [6, 6.07) is 0. The van der Waals surface area contributed by atoms with Gasteiger partial charge < -0.3 is 20.1 Å². The third-order valence-corrected chi connectivity index (χ3v) is 7.91. The van der Waals surface area contributed by atoms with Crippen molar-refractivity contribution in [2.24, 2.45) is 0 Å². The number of allylic oxidation sites excluding steroid dienone is 2. The van der Waals surface area contributed by atoms with Crippen molar-refractivity contribution in [2.75, 3.05) is 26.4 Å². The van der Waals surface area contributed by atoms with Crippen LogP contribution in [-0.2, 0) is 27.9 Å². The van der Waals surface area contributed by atoms with Crippen molar-refractivity contribution >= 4 is 19.7 Å². The number of aliphatic hydroxyl groups excluding tert-OH is 1. The lowest BCUT2D eigenvalue weighted by molar-refractivity contribution is -0.147. The average molecular weight is 620 g/mol. The molecular formula is C32H62NO8P. The van der Waals surface area contributed by atoms with Crippen molar-refractivity contribution in [1.29, 1.82) is 0 Å². The van der Waals surface area contributed by atoms with Crippen LogP contribution < -0.4 is 5.32 Å². The Morgan fingerprint density at radius 2 is 1.26 bits per heavy atom. The van der Waals surface area contributed by atoms with E-state index in [4.69, 9.17) is 13.8 Å². The summed E-state index contributed by atoms with van der Waals surface area (Å²) in [6.07, 6.45) is 25.8. The SMILES string of the molecule is CCC/C=C\CCCCCCCC(=O)OCC(O)COP(=O)(O)OCCNC(=O)CCCCCCCCCCCCC. The number of esters is 1. The van der Waals surface area contributed by atoms with Gasteiger partial charge in [-0.15, -0.1) is 0 Å². The lowest BCUT2D eigenvalue weighted by Crippen LogP contribution is -2.27. The van der Waals surface area contributed by atoms with Gasteiger partial charge in [-0.1, -0.05) is 116 Å². The summed E-state index contributed by atoms with van der Waals surface area (Å²) in [6.45, 7) is 3.45. The molecule has 0 radical (unpaired) electrons. The van der Waals surface area contributed by atoms with Crippen molar-refractivity contribution in [2.45, 2.75) is 155 Å². The fourth-order valence-electron chi connectivity index (χ4n) is 4.38. The number of phosphoric acid groups is 1. The molecule has 0 aromatic heterocycles. The number of carbonyl (C=O) groups is 2. The minimum absolute atomic E-state index is 0.0843. The predicted molar refractivity (Wildman–Crippen MR) is 169 cm³/mol. The van der Waals surface area contributed by atoms with Crippen LogP contribution in [-0.4, -0.2) is 54.3 Å². The summed E-state index contributed by atoms with van der Waals surface area (Å²) in [5.74, 6) is -0.528. The molecule has 0 bridgehead atoms. The molecule has 0 fully saturated rings. The molecule has 0 saturated heterocycles. The highest BCUT2D eigenvalue weighted by Gasteiger charge is 2.23. The van der Waals surface area contributed by atoms with Gasteiger partial charge in [-0.2, -0.15) is 0 Å². The zero-order valence-corrected chi connectivity index (χ0v) is 27.6. The molecule has 0 aromatic carbocycles. The normalized spacial score (nSPS) is 13.7. The number of aliphatic hydroxyl groups is 1. The van der Waals surface area contributed by atoms with Crippen LogP contribution >= 0.6 is 7.82 Å². The van der Waals surface area contributed by atoms with E-state index in [0.717, 1.165) is 64.2 Å².